The Morgan fingerprint density at radius 1 is 1.19 bits per heavy atom. The predicted molar refractivity (Wildman–Crippen MR) is 85.4 cm³/mol. The van der Waals surface area contributed by atoms with Crippen LogP contribution in [0.2, 0.25) is 0 Å². The number of benzene rings is 2. The van der Waals surface area contributed by atoms with Crippen molar-refractivity contribution in [1.82, 2.24) is 4.98 Å². The molecule has 0 saturated heterocycles. The van der Waals surface area contributed by atoms with Crippen molar-refractivity contribution in [1.29, 1.82) is 0 Å². The number of H-pyrrole nitrogens is 1. The minimum atomic E-state index is -0.452. The van der Waals surface area contributed by atoms with Gasteiger partial charge in [0.1, 0.15) is 5.69 Å². The van der Waals surface area contributed by atoms with Gasteiger partial charge < -0.3 is 10.7 Å². The van der Waals surface area contributed by atoms with Gasteiger partial charge in [0.05, 0.1) is 9.95 Å². The van der Waals surface area contributed by atoms with E-state index in [0.29, 0.717) is 5.75 Å². The average molecular weight is 299 g/mol. The number of nitrogens with one attached hydrogen (secondary N) is 1. The highest BCUT2D eigenvalue weighted by atomic mass is 32.2. The summed E-state index contributed by atoms with van der Waals surface area (Å²) in [7, 11) is 0. The maximum Gasteiger partial charge on any atom is 0.292 e. The lowest BCUT2D eigenvalue weighted by Crippen LogP contribution is -1.99. The fourth-order valence-electron chi connectivity index (χ4n) is 2.16. The van der Waals surface area contributed by atoms with Crippen molar-refractivity contribution < 1.29 is 4.92 Å². The number of anilines is 1. The molecule has 0 spiro atoms. The van der Waals surface area contributed by atoms with Crippen LogP contribution in [0.5, 0.6) is 0 Å². The van der Waals surface area contributed by atoms with Crippen LogP contribution in [0.4, 0.5) is 11.4 Å². The number of para-hydroxylation sites is 2. The van der Waals surface area contributed by atoms with Crippen LogP contribution in [0.1, 0.15) is 5.56 Å². The largest absolute Gasteiger partial charge is 0.393 e. The molecule has 5 nitrogen and oxygen atoms in total. The highest BCUT2D eigenvalue weighted by Gasteiger charge is 2.14. The van der Waals surface area contributed by atoms with Gasteiger partial charge in [0, 0.05) is 22.7 Å². The van der Waals surface area contributed by atoms with E-state index in [1.807, 2.05) is 30.3 Å². The Hall–Kier alpha value is -2.47. The highest BCUT2D eigenvalue weighted by molar-refractivity contribution is 7.98. The number of nitro benzene ring substituents is 1. The molecule has 0 saturated carbocycles. The van der Waals surface area contributed by atoms with Gasteiger partial charge in [-0.25, -0.2) is 0 Å². The molecule has 0 atom stereocenters. The standard InChI is InChI=1S/C15H13N3O2S/c16-15-11(5-3-7-13(15)18(19)20)9-21-14-8-10-4-1-2-6-12(10)17-14/h1-8,17H,9,16H2. The highest BCUT2D eigenvalue weighted by Crippen LogP contribution is 2.31. The number of rotatable bonds is 4. The summed E-state index contributed by atoms with van der Waals surface area (Å²) in [6.07, 6.45) is 0. The molecule has 106 valence electrons. The van der Waals surface area contributed by atoms with Crippen LogP contribution in [0.15, 0.2) is 53.6 Å². The first kappa shape index (κ1) is 13.5. The second-order valence-corrected chi connectivity index (χ2v) is 5.63. The third-order valence-corrected chi connectivity index (χ3v) is 4.24. The van der Waals surface area contributed by atoms with E-state index in [2.05, 4.69) is 11.1 Å². The van der Waals surface area contributed by atoms with E-state index in [1.54, 1.807) is 17.8 Å². The number of nitrogens with zero attached hydrogens (tertiary/aromatic N) is 1. The molecular weight excluding hydrogens is 286 g/mol. The van der Waals surface area contributed by atoms with Gasteiger partial charge in [-0.1, -0.05) is 30.3 Å². The summed E-state index contributed by atoms with van der Waals surface area (Å²) in [5, 5.41) is 13.0. The Morgan fingerprint density at radius 2 is 2.00 bits per heavy atom. The van der Waals surface area contributed by atoms with Crippen molar-refractivity contribution in [2.75, 3.05) is 5.73 Å². The zero-order chi connectivity index (χ0) is 14.8. The molecule has 3 N–H and O–H groups in total. The van der Waals surface area contributed by atoms with Gasteiger partial charge in [-0.15, -0.1) is 11.8 Å². The Morgan fingerprint density at radius 3 is 2.76 bits per heavy atom. The number of aromatic amines is 1. The fourth-order valence-corrected chi connectivity index (χ4v) is 3.12. The number of nitro groups is 1. The van der Waals surface area contributed by atoms with Crippen LogP contribution >= 0.6 is 11.8 Å². The third kappa shape index (κ3) is 2.71. The van der Waals surface area contributed by atoms with Crippen LogP contribution in [-0.2, 0) is 5.75 Å². The Kier molecular flexibility index (Phi) is 3.53. The van der Waals surface area contributed by atoms with E-state index in [1.165, 1.54) is 6.07 Å². The van der Waals surface area contributed by atoms with Crippen molar-refractivity contribution in [2.45, 2.75) is 10.8 Å². The van der Waals surface area contributed by atoms with Crippen molar-refractivity contribution in [3.8, 4) is 0 Å². The van der Waals surface area contributed by atoms with Gasteiger partial charge in [-0.05, 0) is 17.7 Å². The minimum absolute atomic E-state index is 0.0373. The van der Waals surface area contributed by atoms with E-state index in [9.17, 15) is 10.1 Å². The normalized spacial score (nSPS) is 10.9. The molecular formula is C15H13N3O2S. The van der Waals surface area contributed by atoms with E-state index in [-0.39, 0.29) is 11.4 Å². The van der Waals surface area contributed by atoms with Crippen LogP contribution in [0, 0.1) is 10.1 Å². The monoisotopic (exact) mass is 299 g/mol. The number of nitrogen functional groups attached to an aromatic ring is 1. The first-order valence-electron chi connectivity index (χ1n) is 6.37. The lowest BCUT2D eigenvalue weighted by molar-refractivity contribution is -0.383. The van der Waals surface area contributed by atoms with Gasteiger partial charge in [-0.3, -0.25) is 10.1 Å². The zero-order valence-corrected chi connectivity index (χ0v) is 11.9. The third-order valence-electron chi connectivity index (χ3n) is 3.26. The number of aromatic nitrogens is 1. The molecule has 0 radical (unpaired) electrons. The van der Waals surface area contributed by atoms with E-state index < -0.39 is 4.92 Å². The number of hydrogen-bond acceptors (Lipinski definition) is 4. The van der Waals surface area contributed by atoms with Crippen molar-refractivity contribution in [2.24, 2.45) is 0 Å². The first-order chi connectivity index (χ1) is 10.1. The van der Waals surface area contributed by atoms with Gasteiger partial charge in [0.15, 0.2) is 0 Å². The maximum atomic E-state index is 10.9. The number of hydrogen-bond donors (Lipinski definition) is 2. The molecule has 3 aromatic rings. The molecule has 21 heavy (non-hydrogen) atoms. The average Bonchev–Trinajstić information content (AvgIpc) is 2.88. The zero-order valence-electron chi connectivity index (χ0n) is 11.1. The van der Waals surface area contributed by atoms with Crippen molar-refractivity contribution >= 4 is 34.0 Å². The molecule has 0 bridgehead atoms. The molecule has 0 aliphatic carbocycles. The van der Waals surface area contributed by atoms with E-state index in [0.717, 1.165) is 21.5 Å². The quantitative estimate of drug-likeness (QED) is 0.330. The number of thioether (sulfide) groups is 1. The van der Waals surface area contributed by atoms with Crippen molar-refractivity contribution in [3.63, 3.8) is 0 Å². The second kappa shape index (κ2) is 5.49. The summed E-state index contributed by atoms with van der Waals surface area (Å²) < 4.78 is 0. The number of nitrogens with two attached hydrogens (primary N) is 1. The molecule has 0 amide bonds. The second-order valence-electron chi connectivity index (χ2n) is 4.62. The summed E-state index contributed by atoms with van der Waals surface area (Å²) in [4.78, 5) is 13.7. The van der Waals surface area contributed by atoms with Gasteiger partial charge in [-0.2, -0.15) is 0 Å². The molecule has 0 unspecified atom stereocenters. The molecule has 0 aliphatic rings. The lowest BCUT2D eigenvalue weighted by atomic mass is 10.2. The summed E-state index contributed by atoms with van der Waals surface area (Å²) in [6, 6.07) is 15.0. The topological polar surface area (TPSA) is 85.0 Å². The number of fused-ring (bicyclic) bond motifs is 1. The van der Waals surface area contributed by atoms with Crippen LogP contribution in [-0.4, -0.2) is 9.91 Å². The molecule has 3 rings (SSSR count). The SMILES string of the molecule is Nc1c(CSc2cc3ccccc3[nH]2)cccc1[N+](=O)[O-]. The minimum Gasteiger partial charge on any atom is -0.393 e. The molecule has 0 fully saturated rings. The fraction of sp³-hybridized carbons (Fsp3) is 0.0667. The van der Waals surface area contributed by atoms with Crippen LogP contribution in [0.3, 0.4) is 0 Å². The molecule has 1 aromatic heterocycles. The summed E-state index contributed by atoms with van der Waals surface area (Å²) in [5.41, 5.74) is 7.91. The lowest BCUT2D eigenvalue weighted by Gasteiger charge is -2.04. The van der Waals surface area contributed by atoms with E-state index in [4.69, 9.17) is 5.73 Å². The Balaban J connectivity index is 1.81. The molecule has 1 heterocycles. The Labute approximate surface area is 125 Å². The first-order valence-corrected chi connectivity index (χ1v) is 7.36. The van der Waals surface area contributed by atoms with Crippen LogP contribution in [0.25, 0.3) is 10.9 Å². The van der Waals surface area contributed by atoms with Gasteiger partial charge in [0.2, 0.25) is 0 Å². The van der Waals surface area contributed by atoms with Crippen molar-refractivity contribution in [3.05, 3.63) is 64.2 Å². The van der Waals surface area contributed by atoms with Crippen LogP contribution < -0.4 is 5.73 Å². The van der Waals surface area contributed by atoms with Gasteiger partial charge in [0.25, 0.3) is 5.69 Å². The van der Waals surface area contributed by atoms with Gasteiger partial charge >= 0.3 is 0 Å². The molecule has 6 heteroatoms. The summed E-state index contributed by atoms with van der Waals surface area (Å²) >= 11 is 1.58. The van der Waals surface area contributed by atoms with E-state index >= 15 is 0 Å². The smallest absolute Gasteiger partial charge is 0.292 e. The molecule has 0 aliphatic heterocycles. The Bertz CT molecular complexity index is 781. The summed E-state index contributed by atoms with van der Waals surface area (Å²) in [5.74, 6) is 0.584. The summed E-state index contributed by atoms with van der Waals surface area (Å²) in [6.45, 7) is 0. The predicted octanol–water partition coefficient (Wildman–Crippen LogP) is 3.95. The maximum absolute atomic E-state index is 10.9. The molecule has 2 aromatic carbocycles.